The Balaban J connectivity index is 1.72. The fourth-order valence-corrected chi connectivity index (χ4v) is 4.49. The van der Waals surface area contributed by atoms with E-state index in [4.69, 9.17) is 0 Å². The lowest BCUT2D eigenvalue weighted by molar-refractivity contribution is 0.0684. The van der Waals surface area contributed by atoms with Crippen molar-refractivity contribution >= 4 is 16.9 Å². The lowest BCUT2D eigenvalue weighted by atomic mass is 10.1. The van der Waals surface area contributed by atoms with Crippen molar-refractivity contribution < 1.29 is 14.3 Å². The molecule has 29 heavy (non-hydrogen) atoms. The smallest absolute Gasteiger partial charge is 0.352 e. The zero-order valence-electron chi connectivity index (χ0n) is 16.5. The van der Waals surface area contributed by atoms with Crippen LogP contribution in [-0.4, -0.2) is 21.7 Å². The lowest BCUT2D eigenvalue weighted by Crippen LogP contribution is -2.28. The molecule has 0 atom stereocenters. The van der Waals surface area contributed by atoms with Crippen LogP contribution in [0.3, 0.4) is 0 Å². The lowest BCUT2D eigenvalue weighted by Gasteiger charge is -2.16. The minimum absolute atomic E-state index is 0.193. The Kier molecular flexibility index (Phi) is 5.95. The number of carboxylic acid groups (broad SMARTS) is 1. The van der Waals surface area contributed by atoms with Gasteiger partial charge in [0.1, 0.15) is 11.5 Å². The molecule has 0 bridgehead atoms. The summed E-state index contributed by atoms with van der Waals surface area (Å²) in [5, 5.41) is 14.6. The molecule has 1 aliphatic carbocycles. The van der Waals surface area contributed by atoms with Gasteiger partial charge in [0.2, 0.25) is 0 Å². The van der Waals surface area contributed by atoms with Gasteiger partial charge in [0.25, 0.3) is 0 Å². The van der Waals surface area contributed by atoms with Crippen LogP contribution in [0.1, 0.15) is 60.1 Å². The topological polar surface area (TPSA) is 54.3 Å². The molecule has 2 N–H and O–H groups in total. The molecule has 5 heteroatoms. The molecule has 4 rings (SSSR count). The summed E-state index contributed by atoms with van der Waals surface area (Å²) in [7, 11) is 0. The van der Waals surface area contributed by atoms with Gasteiger partial charge in [-0.3, -0.25) is 0 Å². The van der Waals surface area contributed by atoms with Crippen LogP contribution in [0.2, 0.25) is 0 Å². The van der Waals surface area contributed by atoms with Gasteiger partial charge in [0.05, 0.1) is 6.54 Å². The summed E-state index contributed by atoms with van der Waals surface area (Å²) in [5.74, 6) is -1.30. The van der Waals surface area contributed by atoms with Crippen LogP contribution in [-0.2, 0) is 13.1 Å². The van der Waals surface area contributed by atoms with Crippen molar-refractivity contribution in [3.05, 3.63) is 71.2 Å². The maximum Gasteiger partial charge on any atom is 0.352 e. The number of rotatable bonds is 6. The molecule has 0 radical (unpaired) electrons. The standard InChI is InChI=1S/C24H27FN2O2/c25-21-13-7-5-9-17(21)16-27-22-14-8-6-12-19(22)20(23(27)24(28)29)15-26-18-10-3-1-2-4-11-18/h5-9,12-14,18,26H,1-4,10-11,15-16H2,(H,28,29). The maximum atomic E-state index is 14.3. The first-order valence-corrected chi connectivity index (χ1v) is 10.5. The van der Waals surface area contributed by atoms with Crippen LogP contribution < -0.4 is 5.32 Å². The van der Waals surface area contributed by atoms with Crippen LogP contribution in [0.15, 0.2) is 48.5 Å². The first-order chi connectivity index (χ1) is 14.1. The van der Waals surface area contributed by atoms with Crippen molar-refractivity contribution in [1.29, 1.82) is 0 Å². The van der Waals surface area contributed by atoms with Gasteiger partial charge in [-0.05, 0) is 25.0 Å². The summed E-state index contributed by atoms with van der Waals surface area (Å²) < 4.78 is 16.0. The summed E-state index contributed by atoms with van der Waals surface area (Å²) in [6.07, 6.45) is 7.27. The van der Waals surface area contributed by atoms with Gasteiger partial charge < -0.3 is 15.0 Å². The van der Waals surface area contributed by atoms with E-state index in [-0.39, 0.29) is 18.1 Å². The molecule has 0 saturated heterocycles. The number of hydrogen-bond acceptors (Lipinski definition) is 2. The van der Waals surface area contributed by atoms with Crippen molar-refractivity contribution in [2.45, 2.75) is 57.7 Å². The van der Waals surface area contributed by atoms with Gasteiger partial charge in [-0.25, -0.2) is 9.18 Å². The number of aromatic nitrogens is 1. The van der Waals surface area contributed by atoms with E-state index in [1.165, 1.54) is 31.7 Å². The predicted octanol–water partition coefficient (Wildman–Crippen LogP) is 5.34. The number of benzene rings is 2. The van der Waals surface area contributed by atoms with Gasteiger partial charge in [0, 0.05) is 34.6 Å². The van der Waals surface area contributed by atoms with Gasteiger partial charge >= 0.3 is 5.97 Å². The number of para-hydroxylation sites is 1. The van der Waals surface area contributed by atoms with Crippen LogP contribution in [0.4, 0.5) is 4.39 Å². The Labute approximate surface area is 170 Å². The highest BCUT2D eigenvalue weighted by Gasteiger charge is 2.23. The van der Waals surface area contributed by atoms with E-state index < -0.39 is 5.97 Å². The van der Waals surface area contributed by atoms with Crippen LogP contribution >= 0.6 is 0 Å². The number of fused-ring (bicyclic) bond motifs is 1. The molecule has 1 aromatic heterocycles. The van der Waals surface area contributed by atoms with E-state index >= 15 is 0 Å². The fraction of sp³-hybridized carbons (Fsp3) is 0.375. The summed E-state index contributed by atoms with van der Waals surface area (Å²) in [6, 6.07) is 14.7. The van der Waals surface area contributed by atoms with E-state index in [1.54, 1.807) is 22.8 Å². The van der Waals surface area contributed by atoms with Crippen LogP contribution in [0.25, 0.3) is 10.9 Å². The third-order valence-electron chi connectivity index (χ3n) is 5.99. The summed E-state index contributed by atoms with van der Waals surface area (Å²) in [4.78, 5) is 12.3. The second kappa shape index (κ2) is 8.78. The second-order valence-electron chi connectivity index (χ2n) is 7.90. The number of carbonyl (C=O) groups is 1. The molecule has 4 nitrogen and oxygen atoms in total. The Morgan fingerprint density at radius 3 is 2.45 bits per heavy atom. The number of nitrogens with one attached hydrogen (secondary N) is 1. The number of halogens is 1. The average Bonchev–Trinajstić information content (AvgIpc) is 2.85. The van der Waals surface area contributed by atoms with Crippen molar-refractivity contribution in [1.82, 2.24) is 9.88 Å². The molecule has 2 aromatic carbocycles. The van der Waals surface area contributed by atoms with Gasteiger partial charge in [-0.15, -0.1) is 0 Å². The Hall–Kier alpha value is -2.66. The third kappa shape index (κ3) is 4.20. The monoisotopic (exact) mass is 394 g/mol. The minimum Gasteiger partial charge on any atom is -0.477 e. The SMILES string of the molecule is O=C(O)c1c(CNC2CCCCCC2)c2ccccc2n1Cc1ccccc1F. The molecule has 1 heterocycles. The molecular weight excluding hydrogens is 367 g/mol. The van der Waals surface area contributed by atoms with E-state index in [2.05, 4.69) is 5.32 Å². The number of hydrogen-bond donors (Lipinski definition) is 2. The van der Waals surface area contributed by atoms with Gasteiger partial charge in [-0.2, -0.15) is 0 Å². The molecule has 0 unspecified atom stereocenters. The summed E-state index contributed by atoms with van der Waals surface area (Å²) >= 11 is 0. The van der Waals surface area contributed by atoms with E-state index in [0.717, 1.165) is 29.3 Å². The maximum absolute atomic E-state index is 14.3. The van der Waals surface area contributed by atoms with Crippen LogP contribution in [0, 0.1) is 5.82 Å². The number of carboxylic acids is 1. The predicted molar refractivity (Wildman–Crippen MR) is 113 cm³/mol. The zero-order valence-corrected chi connectivity index (χ0v) is 16.5. The number of aromatic carboxylic acids is 1. The summed E-state index contributed by atoms with van der Waals surface area (Å²) in [6.45, 7) is 0.704. The van der Waals surface area contributed by atoms with Gasteiger partial charge in [-0.1, -0.05) is 62.1 Å². The quantitative estimate of drug-likeness (QED) is 0.555. The highest BCUT2D eigenvalue weighted by Crippen LogP contribution is 2.28. The van der Waals surface area contributed by atoms with Crippen LogP contribution in [0.5, 0.6) is 0 Å². The first-order valence-electron chi connectivity index (χ1n) is 10.5. The van der Waals surface area contributed by atoms with Crippen molar-refractivity contribution in [2.24, 2.45) is 0 Å². The molecule has 3 aromatic rings. The molecule has 0 aliphatic heterocycles. The molecule has 0 amide bonds. The van der Waals surface area contributed by atoms with Gasteiger partial charge in [0.15, 0.2) is 0 Å². The number of nitrogens with zero attached hydrogens (tertiary/aromatic N) is 1. The van der Waals surface area contributed by atoms with E-state index in [0.29, 0.717) is 18.2 Å². The van der Waals surface area contributed by atoms with Crippen molar-refractivity contribution in [2.75, 3.05) is 0 Å². The Morgan fingerprint density at radius 2 is 1.72 bits per heavy atom. The Morgan fingerprint density at radius 1 is 1.03 bits per heavy atom. The van der Waals surface area contributed by atoms with E-state index in [9.17, 15) is 14.3 Å². The highest BCUT2D eigenvalue weighted by molar-refractivity contribution is 5.98. The zero-order chi connectivity index (χ0) is 20.2. The molecule has 0 spiro atoms. The first kappa shape index (κ1) is 19.6. The third-order valence-corrected chi connectivity index (χ3v) is 5.99. The van der Waals surface area contributed by atoms with Crippen molar-refractivity contribution in [3.8, 4) is 0 Å². The fourth-order valence-electron chi connectivity index (χ4n) is 4.49. The molecule has 1 saturated carbocycles. The summed E-state index contributed by atoms with van der Waals surface area (Å²) in [5.41, 5.74) is 2.34. The molecular formula is C24H27FN2O2. The highest BCUT2D eigenvalue weighted by atomic mass is 19.1. The normalized spacial score (nSPS) is 15.5. The Bertz CT molecular complexity index is 1000. The van der Waals surface area contributed by atoms with E-state index in [1.807, 2.05) is 24.3 Å². The molecule has 152 valence electrons. The average molecular weight is 394 g/mol. The van der Waals surface area contributed by atoms with Crippen molar-refractivity contribution in [3.63, 3.8) is 0 Å². The molecule has 1 aliphatic rings. The largest absolute Gasteiger partial charge is 0.477 e. The minimum atomic E-state index is -0.977. The second-order valence-corrected chi connectivity index (χ2v) is 7.90. The molecule has 1 fully saturated rings.